The summed E-state index contributed by atoms with van der Waals surface area (Å²) in [5.74, 6) is -0.487. The van der Waals surface area contributed by atoms with Gasteiger partial charge in [-0.05, 0) is 12.5 Å². The summed E-state index contributed by atoms with van der Waals surface area (Å²) in [5.41, 5.74) is 2.56. The third kappa shape index (κ3) is 3.09. The van der Waals surface area contributed by atoms with Crippen molar-refractivity contribution in [1.82, 2.24) is 0 Å². The molecule has 0 fully saturated rings. The number of aryl methyl sites for hydroxylation is 1. The van der Waals surface area contributed by atoms with Gasteiger partial charge in [0.05, 0.1) is 6.10 Å². The molecule has 2 aromatic rings. The van der Waals surface area contributed by atoms with Crippen LogP contribution in [0.4, 0.5) is 0 Å². The zero-order chi connectivity index (χ0) is 13.8. The summed E-state index contributed by atoms with van der Waals surface area (Å²) in [6.07, 6.45) is -0.770. The molecule has 1 N–H and O–H groups in total. The first-order valence-electron chi connectivity index (χ1n) is 6.43. The summed E-state index contributed by atoms with van der Waals surface area (Å²) in [6, 6.07) is 16.7. The molecule has 0 saturated carbocycles. The van der Waals surface area contributed by atoms with Crippen LogP contribution in [0.25, 0.3) is 0 Å². The standard InChI is InChI=1S/C17H18O2/c1-12-8-10-15(11-9-12)17(19)13(2)16(18)14-6-4-3-5-7-14/h3-11,13,17,19H,1-2H3/t13-,17+/m1/s1. The van der Waals surface area contributed by atoms with Gasteiger partial charge in [0.1, 0.15) is 0 Å². The zero-order valence-corrected chi connectivity index (χ0v) is 11.2. The van der Waals surface area contributed by atoms with Crippen LogP contribution in [0.5, 0.6) is 0 Å². The first-order chi connectivity index (χ1) is 9.09. The number of carbonyl (C=O) groups excluding carboxylic acids is 1. The molecule has 98 valence electrons. The smallest absolute Gasteiger partial charge is 0.168 e. The SMILES string of the molecule is Cc1ccc([C@@H](O)[C@H](C)C(=O)c2ccccc2)cc1. The highest BCUT2D eigenvalue weighted by Gasteiger charge is 2.24. The monoisotopic (exact) mass is 254 g/mol. The van der Waals surface area contributed by atoms with E-state index in [0.717, 1.165) is 11.1 Å². The van der Waals surface area contributed by atoms with Crippen molar-refractivity contribution in [2.45, 2.75) is 20.0 Å². The Morgan fingerprint density at radius 1 is 1.00 bits per heavy atom. The van der Waals surface area contributed by atoms with Crippen LogP contribution in [0.3, 0.4) is 0 Å². The second kappa shape index (κ2) is 5.81. The van der Waals surface area contributed by atoms with Crippen LogP contribution in [-0.2, 0) is 0 Å². The number of rotatable bonds is 4. The van der Waals surface area contributed by atoms with Crippen LogP contribution in [0.2, 0.25) is 0 Å². The lowest BCUT2D eigenvalue weighted by Crippen LogP contribution is -2.19. The van der Waals surface area contributed by atoms with Crippen LogP contribution in [0, 0.1) is 12.8 Å². The van der Waals surface area contributed by atoms with E-state index in [1.807, 2.05) is 49.4 Å². The summed E-state index contributed by atoms with van der Waals surface area (Å²) >= 11 is 0. The Hall–Kier alpha value is -1.93. The molecule has 0 heterocycles. The number of carbonyl (C=O) groups is 1. The summed E-state index contributed by atoms with van der Waals surface area (Å²) in [7, 11) is 0. The largest absolute Gasteiger partial charge is 0.388 e. The van der Waals surface area contributed by atoms with E-state index in [-0.39, 0.29) is 5.78 Å². The molecular weight excluding hydrogens is 236 g/mol. The number of benzene rings is 2. The summed E-state index contributed by atoms with van der Waals surface area (Å²) in [6.45, 7) is 3.76. The van der Waals surface area contributed by atoms with Gasteiger partial charge >= 0.3 is 0 Å². The number of ketones is 1. The Labute approximate surface area is 113 Å². The average Bonchev–Trinajstić information content (AvgIpc) is 2.46. The van der Waals surface area contributed by atoms with E-state index in [0.29, 0.717) is 5.56 Å². The predicted molar refractivity (Wildman–Crippen MR) is 76.1 cm³/mol. The molecule has 0 amide bonds. The van der Waals surface area contributed by atoms with Crippen molar-refractivity contribution < 1.29 is 9.90 Å². The Balaban J connectivity index is 2.17. The van der Waals surface area contributed by atoms with Crippen LogP contribution >= 0.6 is 0 Å². The topological polar surface area (TPSA) is 37.3 Å². The molecule has 0 radical (unpaired) electrons. The molecule has 0 bridgehead atoms. The fourth-order valence-electron chi connectivity index (χ4n) is 2.06. The van der Waals surface area contributed by atoms with E-state index < -0.39 is 12.0 Å². The second-order valence-electron chi connectivity index (χ2n) is 4.87. The number of hydrogen-bond donors (Lipinski definition) is 1. The van der Waals surface area contributed by atoms with E-state index in [1.54, 1.807) is 19.1 Å². The molecule has 2 aromatic carbocycles. The molecule has 0 aliphatic heterocycles. The fraction of sp³-hybridized carbons (Fsp3) is 0.235. The minimum Gasteiger partial charge on any atom is -0.388 e. The first-order valence-corrected chi connectivity index (χ1v) is 6.43. The van der Waals surface area contributed by atoms with Crippen LogP contribution in [-0.4, -0.2) is 10.9 Å². The van der Waals surface area contributed by atoms with E-state index in [4.69, 9.17) is 0 Å². The van der Waals surface area contributed by atoms with Gasteiger partial charge in [-0.2, -0.15) is 0 Å². The molecule has 19 heavy (non-hydrogen) atoms. The maximum atomic E-state index is 12.3. The van der Waals surface area contributed by atoms with Gasteiger partial charge in [0.25, 0.3) is 0 Å². The van der Waals surface area contributed by atoms with Crippen LogP contribution in [0.15, 0.2) is 54.6 Å². The van der Waals surface area contributed by atoms with Gasteiger partial charge in [0.2, 0.25) is 0 Å². The van der Waals surface area contributed by atoms with Crippen LogP contribution in [0.1, 0.15) is 34.5 Å². The third-order valence-corrected chi connectivity index (χ3v) is 3.36. The molecular formula is C17H18O2. The van der Waals surface area contributed by atoms with E-state index >= 15 is 0 Å². The van der Waals surface area contributed by atoms with Crippen molar-refractivity contribution in [3.63, 3.8) is 0 Å². The highest BCUT2D eigenvalue weighted by Crippen LogP contribution is 2.25. The Bertz CT molecular complexity index is 543. The normalized spacial score (nSPS) is 13.8. The predicted octanol–water partition coefficient (Wildman–Crippen LogP) is 3.55. The molecule has 2 rings (SSSR count). The average molecular weight is 254 g/mol. The van der Waals surface area contributed by atoms with Gasteiger partial charge in [-0.1, -0.05) is 67.1 Å². The number of aliphatic hydroxyl groups excluding tert-OH is 1. The molecule has 0 spiro atoms. The van der Waals surface area contributed by atoms with E-state index in [9.17, 15) is 9.90 Å². The second-order valence-corrected chi connectivity index (χ2v) is 4.87. The number of Topliss-reactive ketones (excluding diaryl/α,β-unsaturated/α-hetero) is 1. The van der Waals surface area contributed by atoms with Crippen molar-refractivity contribution >= 4 is 5.78 Å². The maximum Gasteiger partial charge on any atom is 0.168 e. The lowest BCUT2D eigenvalue weighted by Gasteiger charge is -2.18. The maximum absolute atomic E-state index is 12.3. The fourth-order valence-corrected chi connectivity index (χ4v) is 2.06. The highest BCUT2D eigenvalue weighted by atomic mass is 16.3. The summed E-state index contributed by atoms with van der Waals surface area (Å²) < 4.78 is 0. The Kier molecular flexibility index (Phi) is 4.13. The number of aliphatic hydroxyl groups is 1. The van der Waals surface area contributed by atoms with Crippen molar-refractivity contribution in [1.29, 1.82) is 0 Å². The quantitative estimate of drug-likeness (QED) is 0.847. The highest BCUT2D eigenvalue weighted by molar-refractivity contribution is 5.98. The van der Waals surface area contributed by atoms with Crippen LogP contribution < -0.4 is 0 Å². The lowest BCUT2D eigenvalue weighted by atomic mass is 9.90. The van der Waals surface area contributed by atoms with Gasteiger partial charge in [-0.25, -0.2) is 0 Å². The van der Waals surface area contributed by atoms with Crippen molar-refractivity contribution in [2.24, 2.45) is 5.92 Å². The summed E-state index contributed by atoms with van der Waals surface area (Å²) in [4.78, 5) is 12.3. The lowest BCUT2D eigenvalue weighted by molar-refractivity contribution is 0.0713. The van der Waals surface area contributed by atoms with Gasteiger partial charge in [0.15, 0.2) is 5.78 Å². The van der Waals surface area contributed by atoms with Crippen molar-refractivity contribution in [2.75, 3.05) is 0 Å². The molecule has 0 aliphatic rings. The molecule has 2 atom stereocenters. The van der Waals surface area contributed by atoms with Gasteiger partial charge in [0, 0.05) is 11.5 Å². The molecule has 2 heteroatoms. The Morgan fingerprint density at radius 2 is 1.58 bits per heavy atom. The zero-order valence-electron chi connectivity index (χ0n) is 11.2. The van der Waals surface area contributed by atoms with E-state index in [1.165, 1.54) is 0 Å². The molecule has 0 unspecified atom stereocenters. The molecule has 0 aliphatic carbocycles. The van der Waals surface area contributed by atoms with Gasteiger partial charge < -0.3 is 5.11 Å². The molecule has 2 nitrogen and oxygen atoms in total. The third-order valence-electron chi connectivity index (χ3n) is 3.36. The van der Waals surface area contributed by atoms with Crippen molar-refractivity contribution in [3.8, 4) is 0 Å². The number of hydrogen-bond acceptors (Lipinski definition) is 2. The van der Waals surface area contributed by atoms with Gasteiger partial charge in [-0.15, -0.1) is 0 Å². The molecule has 0 saturated heterocycles. The first kappa shape index (κ1) is 13.5. The van der Waals surface area contributed by atoms with Gasteiger partial charge in [-0.3, -0.25) is 4.79 Å². The Morgan fingerprint density at radius 3 is 2.16 bits per heavy atom. The minimum atomic E-state index is -0.770. The van der Waals surface area contributed by atoms with E-state index in [2.05, 4.69) is 0 Å². The molecule has 0 aromatic heterocycles. The minimum absolute atomic E-state index is 0.0336. The summed E-state index contributed by atoms with van der Waals surface area (Å²) in [5, 5.41) is 10.3. The van der Waals surface area contributed by atoms with Crippen molar-refractivity contribution in [3.05, 3.63) is 71.3 Å².